The summed E-state index contributed by atoms with van der Waals surface area (Å²) in [7, 11) is 0. The molecule has 0 fully saturated rings. The number of benzene rings is 9. The number of anilines is 3. The van der Waals surface area contributed by atoms with Crippen molar-refractivity contribution in [2.24, 2.45) is 0 Å². The van der Waals surface area contributed by atoms with Crippen molar-refractivity contribution < 1.29 is 4.42 Å². The van der Waals surface area contributed by atoms with Crippen molar-refractivity contribution in [2.45, 2.75) is 0 Å². The number of hydrogen-bond donors (Lipinski definition) is 0. The molecule has 0 spiro atoms. The molecule has 52 heavy (non-hydrogen) atoms. The molecule has 2 nitrogen and oxygen atoms in total. The van der Waals surface area contributed by atoms with E-state index in [1.54, 1.807) is 0 Å². The summed E-state index contributed by atoms with van der Waals surface area (Å²) in [6.07, 6.45) is 0. The van der Waals surface area contributed by atoms with Crippen molar-refractivity contribution in [3.05, 3.63) is 200 Å². The Kier molecular flexibility index (Phi) is 7.18. The first-order chi connectivity index (χ1) is 25.7. The molecule has 0 saturated carbocycles. The van der Waals surface area contributed by atoms with Gasteiger partial charge in [-0.2, -0.15) is 0 Å². The number of hydrogen-bond acceptors (Lipinski definition) is 2. The van der Waals surface area contributed by atoms with Crippen LogP contribution in [0.4, 0.5) is 17.1 Å². The molecule has 0 bridgehead atoms. The molecule has 0 saturated heterocycles. The third-order valence-electron chi connectivity index (χ3n) is 10.2. The van der Waals surface area contributed by atoms with E-state index in [0.29, 0.717) is 0 Å². The van der Waals surface area contributed by atoms with Gasteiger partial charge in [-0.3, -0.25) is 0 Å². The van der Waals surface area contributed by atoms with Gasteiger partial charge in [0.1, 0.15) is 11.2 Å². The molecule has 10 rings (SSSR count). The SMILES string of the molecule is c1ccc(-c2ccccc2N(c2ccc(-c3ccc4ccc(-c5ccc6ccccc6c5)cc4c3)cc2)c2ccc3c(c2)oc2ccccc23)cc1. The van der Waals surface area contributed by atoms with Crippen LogP contribution in [0.15, 0.2) is 205 Å². The molecule has 0 aliphatic carbocycles. The van der Waals surface area contributed by atoms with Gasteiger partial charge in [0.25, 0.3) is 0 Å². The highest BCUT2D eigenvalue weighted by molar-refractivity contribution is 6.06. The van der Waals surface area contributed by atoms with Crippen molar-refractivity contribution in [3.63, 3.8) is 0 Å². The van der Waals surface area contributed by atoms with E-state index in [2.05, 4.69) is 193 Å². The van der Waals surface area contributed by atoms with Gasteiger partial charge in [-0.25, -0.2) is 0 Å². The van der Waals surface area contributed by atoms with Crippen LogP contribution in [0, 0.1) is 0 Å². The predicted octanol–water partition coefficient (Wildman–Crippen LogP) is 14.4. The summed E-state index contributed by atoms with van der Waals surface area (Å²) < 4.78 is 6.37. The molecule has 0 N–H and O–H groups in total. The van der Waals surface area contributed by atoms with Crippen molar-refractivity contribution in [1.29, 1.82) is 0 Å². The maximum Gasteiger partial charge on any atom is 0.137 e. The van der Waals surface area contributed by atoms with Crippen LogP contribution in [0.3, 0.4) is 0 Å². The molecule has 0 atom stereocenters. The minimum absolute atomic E-state index is 0.872. The quantitative estimate of drug-likeness (QED) is 0.176. The molecule has 9 aromatic carbocycles. The first kappa shape index (κ1) is 30.0. The lowest BCUT2D eigenvalue weighted by Crippen LogP contribution is -2.11. The molecule has 0 aliphatic rings. The Morgan fingerprint density at radius 1 is 0.308 bits per heavy atom. The number of rotatable bonds is 6. The van der Waals surface area contributed by atoms with Crippen molar-refractivity contribution in [1.82, 2.24) is 0 Å². The first-order valence-electron chi connectivity index (χ1n) is 17.7. The summed E-state index contributed by atoms with van der Waals surface area (Å²) in [5.74, 6) is 0. The highest BCUT2D eigenvalue weighted by Gasteiger charge is 2.19. The van der Waals surface area contributed by atoms with Crippen LogP contribution in [0.1, 0.15) is 0 Å². The van der Waals surface area contributed by atoms with Crippen LogP contribution >= 0.6 is 0 Å². The lowest BCUT2D eigenvalue weighted by molar-refractivity contribution is 0.669. The topological polar surface area (TPSA) is 16.4 Å². The van der Waals surface area contributed by atoms with Crippen LogP contribution in [-0.4, -0.2) is 0 Å². The zero-order chi connectivity index (χ0) is 34.4. The molecule has 2 heteroatoms. The van der Waals surface area contributed by atoms with Gasteiger partial charge in [0, 0.05) is 33.8 Å². The highest BCUT2D eigenvalue weighted by atomic mass is 16.3. The van der Waals surface area contributed by atoms with E-state index in [9.17, 15) is 0 Å². The average Bonchev–Trinajstić information content (AvgIpc) is 3.59. The molecular formula is C50H33NO. The number of para-hydroxylation sites is 2. The zero-order valence-corrected chi connectivity index (χ0v) is 28.4. The van der Waals surface area contributed by atoms with Crippen LogP contribution in [0.5, 0.6) is 0 Å². The fourth-order valence-electron chi connectivity index (χ4n) is 7.59. The van der Waals surface area contributed by atoms with Gasteiger partial charge in [-0.15, -0.1) is 0 Å². The number of fused-ring (bicyclic) bond motifs is 5. The van der Waals surface area contributed by atoms with Crippen LogP contribution in [-0.2, 0) is 0 Å². The maximum absolute atomic E-state index is 6.37. The molecule has 0 radical (unpaired) electrons. The molecule has 10 aromatic rings. The van der Waals surface area contributed by atoms with Gasteiger partial charge >= 0.3 is 0 Å². The van der Waals surface area contributed by atoms with E-state index >= 15 is 0 Å². The molecule has 1 aromatic heterocycles. The monoisotopic (exact) mass is 663 g/mol. The van der Waals surface area contributed by atoms with E-state index < -0.39 is 0 Å². The van der Waals surface area contributed by atoms with E-state index in [4.69, 9.17) is 4.42 Å². The third kappa shape index (κ3) is 5.30. The normalized spacial score (nSPS) is 11.5. The molecule has 0 aliphatic heterocycles. The summed E-state index contributed by atoms with van der Waals surface area (Å²) in [4.78, 5) is 2.34. The fourth-order valence-corrected chi connectivity index (χ4v) is 7.59. The van der Waals surface area contributed by atoms with Gasteiger partial charge in [-0.05, 0) is 104 Å². The van der Waals surface area contributed by atoms with Crippen LogP contribution in [0.25, 0.3) is 76.9 Å². The van der Waals surface area contributed by atoms with Gasteiger partial charge in [0.15, 0.2) is 0 Å². The van der Waals surface area contributed by atoms with Crippen LogP contribution in [0.2, 0.25) is 0 Å². The van der Waals surface area contributed by atoms with Gasteiger partial charge < -0.3 is 9.32 Å². The van der Waals surface area contributed by atoms with E-state index in [1.807, 2.05) is 12.1 Å². The van der Waals surface area contributed by atoms with Gasteiger partial charge in [0.2, 0.25) is 0 Å². The number of furan rings is 1. The summed E-state index contributed by atoms with van der Waals surface area (Å²) in [6.45, 7) is 0. The second-order valence-electron chi connectivity index (χ2n) is 13.4. The lowest BCUT2D eigenvalue weighted by Gasteiger charge is -2.28. The van der Waals surface area contributed by atoms with Crippen molar-refractivity contribution >= 4 is 60.5 Å². The Balaban J connectivity index is 1.06. The fraction of sp³-hybridized carbons (Fsp3) is 0. The Bertz CT molecular complexity index is 2900. The maximum atomic E-state index is 6.37. The minimum atomic E-state index is 0.872. The Morgan fingerprint density at radius 2 is 0.865 bits per heavy atom. The minimum Gasteiger partial charge on any atom is -0.456 e. The third-order valence-corrected chi connectivity index (χ3v) is 10.2. The average molecular weight is 664 g/mol. The highest BCUT2D eigenvalue weighted by Crippen LogP contribution is 2.43. The second-order valence-corrected chi connectivity index (χ2v) is 13.4. The zero-order valence-electron chi connectivity index (χ0n) is 28.4. The summed E-state index contributed by atoms with van der Waals surface area (Å²) >= 11 is 0. The van der Waals surface area contributed by atoms with Gasteiger partial charge in [0.05, 0.1) is 5.69 Å². The molecule has 0 amide bonds. The van der Waals surface area contributed by atoms with Crippen molar-refractivity contribution in [2.75, 3.05) is 4.90 Å². The smallest absolute Gasteiger partial charge is 0.137 e. The summed E-state index contributed by atoms with van der Waals surface area (Å²) in [6, 6.07) is 71.8. The van der Waals surface area contributed by atoms with Gasteiger partial charge in [-0.1, -0.05) is 140 Å². The first-order valence-corrected chi connectivity index (χ1v) is 17.7. The van der Waals surface area contributed by atoms with Crippen molar-refractivity contribution in [3.8, 4) is 33.4 Å². The van der Waals surface area contributed by atoms with Crippen LogP contribution < -0.4 is 4.90 Å². The summed E-state index contributed by atoms with van der Waals surface area (Å²) in [5.41, 5.74) is 12.1. The van der Waals surface area contributed by atoms with E-state index in [-0.39, 0.29) is 0 Å². The van der Waals surface area contributed by atoms with E-state index in [1.165, 1.54) is 49.4 Å². The lowest BCUT2D eigenvalue weighted by atomic mass is 9.96. The largest absolute Gasteiger partial charge is 0.456 e. The Hall–Kier alpha value is -6.90. The molecular weight excluding hydrogens is 631 g/mol. The Labute approximate surface area is 302 Å². The standard InChI is InChI=1S/C50H33NO/c1-2-11-37(12-3-1)45-14-6-8-16-48(45)51(44-28-29-47-46-15-7-9-17-49(46)52-50(47)33-44)43-26-24-35(25-27-43)39-21-19-36-20-23-41(32-42(36)31-39)40-22-18-34-10-4-5-13-38(34)30-40/h1-33H. The predicted molar refractivity (Wildman–Crippen MR) is 220 cm³/mol. The Morgan fingerprint density at radius 3 is 1.65 bits per heavy atom. The summed E-state index contributed by atoms with van der Waals surface area (Å²) in [5, 5.41) is 7.22. The second kappa shape index (κ2) is 12.5. The molecule has 1 heterocycles. The number of nitrogens with zero attached hydrogens (tertiary/aromatic N) is 1. The van der Waals surface area contributed by atoms with E-state index in [0.717, 1.165) is 44.6 Å². The molecule has 244 valence electrons. The molecule has 0 unspecified atom stereocenters.